The zero-order chi connectivity index (χ0) is 18.6. The summed E-state index contributed by atoms with van der Waals surface area (Å²) in [6.07, 6.45) is 11.7. The van der Waals surface area contributed by atoms with Crippen molar-refractivity contribution >= 4 is 5.91 Å². The van der Waals surface area contributed by atoms with Crippen LogP contribution in [-0.4, -0.2) is 48.4 Å². The highest BCUT2D eigenvalue weighted by Gasteiger charge is 2.28. The summed E-state index contributed by atoms with van der Waals surface area (Å²) >= 11 is 0. The summed E-state index contributed by atoms with van der Waals surface area (Å²) in [4.78, 5) is 40.7. The number of amides is 1. The Bertz CT molecular complexity index is 961. The van der Waals surface area contributed by atoms with Crippen LogP contribution in [0, 0.1) is 0 Å². The van der Waals surface area contributed by atoms with Crippen LogP contribution in [-0.2, 0) is 6.54 Å². The first kappa shape index (κ1) is 17.1. The van der Waals surface area contributed by atoms with E-state index >= 15 is 0 Å². The lowest BCUT2D eigenvalue weighted by Gasteiger charge is -2.32. The zero-order valence-electron chi connectivity index (χ0n) is 14.8. The van der Waals surface area contributed by atoms with Crippen molar-refractivity contribution in [3.63, 3.8) is 0 Å². The molecule has 8 nitrogen and oxygen atoms in total. The summed E-state index contributed by atoms with van der Waals surface area (Å²) in [5.74, 6) is 0.990. The number of aromatic amines is 1. The molecule has 3 aromatic rings. The van der Waals surface area contributed by atoms with Gasteiger partial charge in [-0.1, -0.05) is 0 Å². The first-order chi connectivity index (χ1) is 13.2. The standard InChI is InChI=1S/C19H20N6O2/c26-17-11-22-16(10-23-17)19(27)25-8-1-2-15(13-25)18-21-7-9-24(18)12-14-3-5-20-6-4-14/h3-7,9-11,15H,1-2,8,12-13H2,(H,23,26)/t15-/m1/s1. The van der Waals surface area contributed by atoms with Gasteiger partial charge >= 0.3 is 0 Å². The Balaban J connectivity index is 1.50. The monoisotopic (exact) mass is 364 g/mol. The van der Waals surface area contributed by atoms with Gasteiger partial charge in [0.1, 0.15) is 11.5 Å². The van der Waals surface area contributed by atoms with Gasteiger partial charge in [-0.3, -0.25) is 14.6 Å². The van der Waals surface area contributed by atoms with Gasteiger partial charge in [-0.05, 0) is 30.5 Å². The fourth-order valence-electron chi connectivity index (χ4n) is 3.49. The van der Waals surface area contributed by atoms with E-state index in [1.165, 1.54) is 6.20 Å². The quantitative estimate of drug-likeness (QED) is 0.755. The van der Waals surface area contributed by atoms with Crippen LogP contribution in [0.3, 0.4) is 0 Å². The van der Waals surface area contributed by atoms with Crippen molar-refractivity contribution in [1.82, 2.24) is 29.4 Å². The van der Waals surface area contributed by atoms with Crippen molar-refractivity contribution in [1.29, 1.82) is 0 Å². The number of nitrogens with zero attached hydrogens (tertiary/aromatic N) is 5. The Labute approximate surface area is 155 Å². The first-order valence-electron chi connectivity index (χ1n) is 8.94. The van der Waals surface area contributed by atoms with E-state index in [9.17, 15) is 9.59 Å². The maximum Gasteiger partial charge on any atom is 0.273 e. The van der Waals surface area contributed by atoms with Crippen molar-refractivity contribution in [3.05, 3.63) is 76.7 Å². The van der Waals surface area contributed by atoms with Crippen LogP contribution in [0.5, 0.6) is 0 Å². The lowest BCUT2D eigenvalue weighted by molar-refractivity contribution is 0.0697. The minimum Gasteiger partial charge on any atom is -0.337 e. The van der Waals surface area contributed by atoms with Crippen LogP contribution in [0.4, 0.5) is 0 Å². The van der Waals surface area contributed by atoms with Gasteiger partial charge in [-0.25, -0.2) is 9.97 Å². The van der Waals surface area contributed by atoms with Gasteiger partial charge in [0.15, 0.2) is 0 Å². The number of carbonyl (C=O) groups is 1. The van der Waals surface area contributed by atoms with Gasteiger partial charge in [-0.15, -0.1) is 0 Å². The van der Waals surface area contributed by atoms with Crippen LogP contribution >= 0.6 is 0 Å². The lowest BCUT2D eigenvalue weighted by atomic mass is 9.96. The highest BCUT2D eigenvalue weighted by Crippen LogP contribution is 2.27. The molecule has 4 rings (SSSR count). The third-order valence-electron chi connectivity index (χ3n) is 4.81. The van der Waals surface area contributed by atoms with E-state index in [0.717, 1.165) is 37.0 Å². The largest absolute Gasteiger partial charge is 0.337 e. The number of piperidine rings is 1. The van der Waals surface area contributed by atoms with E-state index < -0.39 is 0 Å². The molecule has 1 aliphatic rings. The molecule has 1 N–H and O–H groups in total. The molecule has 0 aliphatic carbocycles. The van der Waals surface area contributed by atoms with Gasteiger partial charge in [0.2, 0.25) is 0 Å². The number of carbonyl (C=O) groups excluding carboxylic acids is 1. The van der Waals surface area contributed by atoms with Crippen LogP contribution in [0.25, 0.3) is 0 Å². The molecule has 1 amide bonds. The molecule has 4 heterocycles. The number of rotatable bonds is 4. The smallest absolute Gasteiger partial charge is 0.273 e. The molecule has 0 aromatic carbocycles. The summed E-state index contributed by atoms with van der Waals surface area (Å²) in [7, 11) is 0. The highest BCUT2D eigenvalue weighted by molar-refractivity contribution is 5.92. The van der Waals surface area contributed by atoms with Gasteiger partial charge in [0.05, 0.1) is 6.20 Å². The predicted molar refractivity (Wildman–Crippen MR) is 98.3 cm³/mol. The van der Waals surface area contributed by atoms with E-state index in [1.54, 1.807) is 23.5 Å². The Morgan fingerprint density at radius 3 is 2.85 bits per heavy atom. The second-order valence-corrected chi connectivity index (χ2v) is 6.66. The molecule has 0 unspecified atom stereocenters. The predicted octanol–water partition coefficient (Wildman–Crippen LogP) is 1.43. The van der Waals surface area contributed by atoms with E-state index in [2.05, 4.69) is 24.5 Å². The van der Waals surface area contributed by atoms with Crippen molar-refractivity contribution in [2.75, 3.05) is 13.1 Å². The second kappa shape index (κ2) is 7.53. The van der Waals surface area contributed by atoms with Crippen molar-refractivity contribution < 1.29 is 4.79 Å². The van der Waals surface area contributed by atoms with Gasteiger partial charge < -0.3 is 14.5 Å². The van der Waals surface area contributed by atoms with Gasteiger partial charge in [0.25, 0.3) is 11.5 Å². The first-order valence-corrected chi connectivity index (χ1v) is 8.94. The van der Waals surface area contributed by atoms with E-state index in [-0.39, 0.29) is 23.1 Å². The fraction of sp³-hybridized carbons (Fsp3) is 0.316. The number of hydrogen-bond acceptors (Lipinski definition) is 5. The molecule has 0 spiro atoms. The van der Waals surface area contributed by atoms with Crippen LogP contribution < -0.4 is 5.56 Å². The van der Waals surface area contributed by atoms with Crippen molar-refractivity contribution in [2.24, 2.45) is 0 Å². The van der Waals surface area contributed by atoms with E-state index in [4.69, 9.17) is 0 Å². The molecule has 138 valence electrons. The fourth-order valence-corrected chi connectivity index (χ4v) is 3.49. The van der Waals surface area contributed by atoms with Crippen LogP contribution in [0.2, 0.25) is 0 Å². The number of H-pyrrole nitrogens is 1. The number of nitrogens with one attached hydrogen (secondary N) is 1. The van der Waals surface area contributed by atoms with Crippen molar-refractivity contribution in [3.8, 4) is 0 Å². The Kier molecular flexibility index (Phi) is 4.78. The Morgan fingerprint density at radius 2 is 2.07 bits per heavy atom. The zero-order valence-corrected chi connectivity index (χ0v) is 14.8. The molecule has 0 radical (unpaired) electrons. The average Bonchev–Trinajstić information content (AvgIpc) is 3.17. The summed E-state index contributed by atoms with van der Waals surface area (Å²) in [5.41, 5.74) is 1.10. The lowest BCUT2D eigenvalue weighted by Crippen LogP contribution is -2.40. The third-order valence-corrected chi connectivity index (χ3v) is 4.81. The number of hydrogen-bond donors (Lipinski definition) is 1. The summed E-state index contributed by atoms with van der Waals surface area (Å²) < 4.78 is 2.13. The van der Waals surface area contributed by atoms with E-state index in [1.807, 2.05) is 18.3 Å². The number of likely N-dealkylation sites (tertiary alicyclic amines) is 1. The SMILES string of the molecule is O=C(c1c[nH]c(=O)cn1)N1CCC[C@@H](c2nccn2Cc2ccncc2)C1. The summed E-state index contributed by atoms with van der Waals surface area (Å²) in [6, 6.07) is 3.98. The molecular formula is C19H20N6O2. The topological polar surface area (TPSA) is 96.8 Å². The molecule has 1 atom stereocenters. The minimum absolute atomic E-state index is 0.164. The number of imidazole rings is 1. The van der Waals surface area contributed by atoms with E-state index in [0.29, 0.717) is 13.1 Å². The minimum atomic E-state index is -0.318. The second-order valence-electron chi connectivity index (χ2n) is 6.66. The molecule has 1 fully saturated rings. The number of pyridine rings is 1. The highest BCUT2D eigenvalue weighted by atomic mass is 16.2. The van der Waals surface area contributed by atoms with Crippen molar-refractivity contribution in [2.45, 2.75) is 25.3 Å². The van der Waals surface area contributed by atoms with Gasteiger partial charge in [0, 0.05) is 56.5 Å². The molecule has 3 aromatic heterocycles. The molecule has 1 saturated heterocycles. The van der Waals surface area contributed by atoms with Crippen LogP contribution in [0.1, 0.15) is 40.6 Å². The van der Waals surface area contributed by atoms with Gasteiger partial charge in [-0.2, -0.15) is 0 Å². The summed E-state index contributed by atoms with van der Waals surface area (Å²) in [6.45, 7) is 2.00. The molecule has 27 heavy (non-hydrogen) atoms. The Morgan fingerprint density at radius 1 is 1.22 bits per heavy atom. The molecule has 0 bridgehead atoms. The molecule has 0 saturated carbocycles. The Hall–Kier alpha value is -3.29. The maximum atomic E-state index is 12.7. The number of aromatic nitrogens is 5. The summed E-state index contributed by atoms with van der Waals surface area (Å²) in [5, 5.41) is 0. The molecule has 1 aliphatic heterocycles. The molecule has 8 heteroatoms. The molecular weight excluding hydrogens is 344 g/mol. The third kappa shape index (κ3) is 3.79. The van der Waals surface area contributed by atoms with Crippen LogP contribution in [0.15, 0.2) is 54.1 Å². The average molecular weight is 364 g/mol. The maximum absolute atomic E-state index is 12.7. The normalized spacial score (nSPS) is 17.0.